The van der Waals surface area contributed by atoms with Crippen molar-refractivity contribution in [2.24, 2.45) is 0 Å². The molecule has 0 spiro atoms. The summed E-state index contributed by atoms with van der Waals surface area (Å²) < 4.78 is 11.1. The van der Waals surface area contributed by atoms with Crippen LogP contribution in [-0.4, -0.2) is 47.1 Å². The van der Waals surface area contributed by atoms with Gasteiger partial charge in [-0.15, -0.1) is 0 Å². The second-order valence-electron chi connectivity index (χ2n) is 6.19. The summed E-state index contributed by atoms with van der Waals surface area (Å²) in [4.78, 5) is 22.8. The van der Waals surface area contributed by atoms with E-state index in [0.29, 0.717) is 24.7 Å². The highest BCUT2D eigenvalue weighted by Crippen LogP contribution is 2.18. The number of rotatable bonds is 5. The Bertz CT molecular complexity index is 718. The third kappa shape index (κ3) is 4.68. The Labute approximate surface area is 147 Å². The van der Waals surface area contributed by atoms with Crippen LogP contribution in [0.5, 0.6) is 11.6 Å². The summed E-state index contributed by atoms with van der Waals surface area (Å²) in [6.07, 6.45) is 3.91. The van der Waals surface area contributed by atoms with Crippen molar-refractivity contribution in [2.45, 2.75) is 32.3 Å². The smallest absolute Gasteiger partial charge is 0.227 e. The van der Waals surface area contributed by atoms with Crippen LogP contribution in [0.4, 0.5) is 0 Å². The molecule has 1 aliphatic heterocycles. The molecule has 132 valence electrons. The zero-order chi connectivity index (χ0) is 17.6. The highest BCUT2D eigenvalue weighted by Gasteiger charge is 2.25. The number of ether oxygens (including phenoxy) is 2. The lowest BCUT2D eigenvalue weighted by atomic mass is 10.1. The Balaban J connectivity index is 1.57. The zero-order valence-electron chi connectivity index (χ0n) is 14.6. The number of methoxy groups -OCH3 is 1. The fourth-order valence-electron chi connectivity index (χ4n) is 2.96. The lowest BCUT2D eigenvalue weighted by molar-refractivity contribution is -0.133. The first kappa shape index (κ1) is 17.2. The van der Waals surface area contributed by atoms with E-state index in [9.17, 15) is 4.79 Å². The Hall–Kier alpha value is -2.63. The molecule has 1 aliphatic rings. The van der Waals surface area contributed by atoms with E-state index < -0.39 is 0 Å². The zero-order valence-corrected chi connectivity index (χ0v) is 14.6. The molecule has 0 radical (unpaired) electrons. The second-order valence-corrected chi connectivity index (χ2v) is 6.19. The molecule has 2 aromatic rings. The van der Waals surface area contributed by atoms with Crippen molar-refractivity contribution in [3.05, 3.63) is 47.9 Å². The van der Waals surface area contributed by atoms with E-state index in [0.717, 1.165) is 30.7 Å². The van der Waals surface area contributed by atoms with Crippen LogP contribution in [-0.2, 0) is 11.2 Å². The molecule has 0 saturated carbocycles. The lowest BCUT2D eigenvalue weighted by Crippen LogP contribution is -2.45. The number of carbonyl (C=O) groups excluding carboxylic acids is 1. The summed E-state index contributed by atoms with van der Waals surface area (Å²) in [6.45, 7) is 3.20. The van der Waals surface area contributed by atoms with E-state index in [-0.39, 0.29) is 12.0 Å². The number of aryl methyl sites for hydroxylation is 1. The first-order valence-electron chi connectivity index (χ1n) is 8.51. The molecule has 25 heavy (non-hydrogen) atoms. The highest BCUT2D eigenvalue weighted by atomic mass is 16.5. The van der Waals surface area contributed by atoms with Gasteiger partial charge in [0.1, 0.15) is 17.7 Å². The van der Waals surface area contributed by atoms with Crippen molar-refractivity contribution in [3.8, 4) is 11.6 Å². The standard InChI is InChI=1S/C19H23N3O3/c1-14-20-10-9-18(21-14)25-17-4-3-11-22(13-17)19(23)12-15-5-7-16(24-2)8-6-15/h5-10,17H,3-4,11-13H2,1-2H3. The average molecular weight is 341 g/mol. The molecule has 1 unspecified atom stereocenters. The second kappa shape index (κ2) is 7.96. The van der Waals surface area contributed by atoms with Crippen LogP contribution in [0.15, 0.2) is 36.5 Å². The van der Waals surface area contributed by atoms with Gasteiger partial charge in [-0.1, -0.05) is 12.1 Å². The fraction of sp³-hybridized carbons (Fsp3) is 0.421. The molecule has 2 heterocycles. The third-order valence-corrected chi connectivity index (χ3v) is 4.28. The third-order valence-electron chi connectivity index (χ3n) is 4.28. The molecule has 0 N–H and O–H groups in total. The van der Waals surface area contributed by atoms with E-state index in [1.165, 1.54) is 0 Å². The van der Waals surface area contributed by atoms with Crippen LogP contribution in [0, 0.1) is 6.92 Å². The molecule has 1 fully saturated rings. The Kier molecular flexibility index (Phi) is 5.48. The minimum atomic E-state index is -0.0251. The van der Waals surface area contributed by atoms with Gasteiger partial charge in [-0.25, -0.2) is 4.98 Å². The van der Waals surface area contributed by atoms with Gasteiger partial charge in [0, 0.05) is 18.8 Å². The van der Waals surface area contributed by atoms with Crippen LogP contribution >= 0.6 is 0 Å². The van der Waals surface area contributed by atoms with Crippen molar-refractivity contribution >= 4 is 5.91 Å². The maximum absolute atomic E-state index is 12.6. The summed E-state index contributed by atoms with van der Waals surface area (Å²) in [5.74, 6) is 2.17. The highest BCUT2D eigenvalue weighted by molar-refractivity contribution is 5.79. The number of benzene rings is 1. The lowest BCUT2D eigenvalue weighted by Gasteiger charge is -2.32. The van der Waals surface area contributed by atoms with Gasteiger partial charge in [-0.3, -0.25) is 4.79 Å². The van der Waals surface area contributed by atoms with Crippen molar-refractivity contribution in [3.63, 3.8) is 0 Å². The molecule has 1 amide bonds. The molecule has 0 bridgehead atoms. The molecule has 1 aromatic heterocycles. The molecular weight excluding hydrogens is 318 g/mol. The molecule has 1 aromatic carbocycles. The number of carbonyl (C=O) groups is 1. The van der Waals surface area contributed by atoms with Gasteiger partial charge in [0.15, 0.2) is 0 Å². The number of amides is 1. The minimum absolute atomic E-state index is 0.0251. The Morgan fingerprint density at radius 1 is 1.28 bits per heavy atom. The minimum Gasteiger partial charge on any atom is -0.497 e. The molecule has 6 heteroatoms. The number of hydrogen-bond acceptors (Lipinski definition) is 5. The average Bonchev–Trinajstić information content (AvgIpc) is 2.62. The molecule has 0 aliphatic carbocycles. The topological polar surface area (TPSA) is 64.5 Å². The first-order valence-corrected chi connectivity index (χ1v) is 8.51. The number of likely N-dealkylation sites (tertiary alicyclic amines) is 1. The van der Waals surface area contributed by atoms with Crippen LogP contribution in [0.25, 0.3) is 0 Å². The van der Waals surface area contributed by atoms with Crippen LogP contribution in [0.1, 0.15) is 24.2 Å². The van der Waals surface area contributed by atoms with Crippen molar-refractivity contribution in [1.29, 1.82) is 0 Å². The SMILES string of the molecule is COc1ccc(CC(=O)N2CCCC(Oc3ccnc(C)n3)C2)cc1. The predicted molar refractivity (Wildman–Crippen MR) is 93.7 cm³/mol. The van der Waals surface area contributed by atoms with Gasteiger partial charge in [0.25, 0.3) is 0 Å². The van der Waals surface area contributed by atoms with Crippen molar-refractivity contribution < 1.29 is 14.3 Å². The van der Waals surface area contributed by atoms with Gasteiger partial charge in [-0.05, 0) is 37.5 Å². The van der Waals surface area contributed by atoms with E-state index >= 15 is 0 Å². The van der Waals surface area contributed by atoms with Gasteiger partial charge in [0.2, 0.25) is 11.8 Å². The molecule has 1 saturated heterocycles. The molecule has 1 atom stereocenters. The molecular formula is C19H23N3O3. The number of piperidine rings is 1. The Morgan fingerprint density at radius 2 is 2.08 bits per heavy atom. The van der Waals surface area contributed by atoms with Crippen molar-refractivity contribution in [1.82, 2.24) is 14.9 Å². The predicted octanol–water partition coefficient (Wildman–Crippen LogP) is 2.41. The van der Waals surface area contributed by atoms with Gasteiger partial charge in [0.05, 0.1) is 20.1 Å². The largest absolute Gasteiger partial charge is 0.497 e. The maximum Gasteiger partial charge on any atom is 0.227 e. The summed E-state index contributed by atoms with van der Waals surface area (Å²) in [5.41, 5.74) is 0.986. The van der Waals surface area contributed by atoms with E-state index in [1.807, 2.05) is 36.1 Å². The van der Waals surface area contributed by atoms with Crippen LogP contribution in [0.3, 0.4) is 0 Å². The van der Waals surface area contributed by atoms with Gasteiger partial charge < -0.3 is 14.4 Å². The van der Waals surface area contributed by atoms with E-state index in [2.05, 4.69) is 9.97 Å². The number of hydrogen-bond donors (Lipinski definition) is 0. The molecule has 3 rings (SSSR count). The van der Waals surface area contributed by atoms with Gasteiger partial charge in [-0.2, -0.15) is 4.98 Å². The van der Waals surface area contributed by atoms with Crippen LogP contribution in [0.2, 0.25) is 0 Å². The maximum atomic E-state index is 12.6. The summed E-state index contributed by atoms with van der Waals surface area (Å²) >= 11 is 0. The normalized spacial score (nSPS) is 17.2. The summed E-state index contributed by atoms with van der Waals surface area (Å²) in [6, 6.07) is 9.37. The number of aromatic nitrogens is 2. The van der Waals surface area contributed by atoms with Crippen molar-refractivity contribution in [2.75, 3.05) is 20.2 Å². The van der Waals surface area contributed by atoms with E-state index in [1.54, 1.807) is 19.4 Å². The van der Waals surface area contributed by atoms with E-state index in [4.69, 9.17) is 9.47 Å². The first-order chi connectivity index (χ1) is 12.1. The summed E-state index contributed by atoms with van der Waals surface area (Å²) in [7, 11) is 1.63. The molecule has 6 nitrogen and oxygen atoms in total. The fourth-order valence-corrected chi connectivity index (χ4v) is 2.96. The van der Waals surface area contributed by atoms with Crippen LogP contribution < -0.4 is 9.47 Å². The summed E-state index contributed by atoms with van der Waals surface area (Å²) in [5, 5.41) is 0. The quantitative estimate of drug-likeness (QED) is 0.836. The number of nitrogens with zero attached hydrogens (tertiary/aromatic N) is 3. The van der Waals surface area contributed by atoms with Gasteiger partial charge >= 0.3 is 0 Å². The monoisotopic (exact) mass is 341 g/mol. The Morgan fingerprint density at radius 3 is 2.80 bits per heavy atom.